The van der Waals surface area contributed by atoms with E-state index >= 15 is 0 Å². The minimum Gasteiger partial charge on any atom is -0.480 e. The summed E-state index contributed by atoms with van der Waals surface area (Å²) < 4.78 is 14.1. The SMILES string of the molecule is O=C(O)Cn1cc(CNC(=O)c2cc(F)cnc2Cl)nn1. The Balaban J connectivity index is 1.99. The number of carbonyl (C=O) groups excluding carboxylic acids is 1. The van der Waals surface area contributed by atoms with Crippen LogP contribution >= 0.6 is 11.6 Å². The predicted molar refractivity (Wildman–Crippen MR) is 68.0 cm³/mol. The average molecular weight is 314 g/mol. The fourth-order valence-electron chi connectivity index (χ4n) is 1.48. The number of carbonyl (C=O) groups is 2. The number of carboxylic acids is 1. The number of hydrogen-bond acceptors (Lipinski definition) is 5. The molecule has 0 spiro atoms. The van der Waals surface area contributed by atoms with Crippen molar-refractivity contribution in [2.75, 3.05) is 0 Å². The summed E-state index contributed by atoms with van der Waals surface area (Å²) >= 11 is 5.70. The molecular formula is C11H9ClFN5O3. The molecule has 2 aromatic rings. The number of hydrogen-bond donors (Lipinski definition) is 2. The molecule has 2 rings (SSSR count). The van der Waals surface area contributed by atoms with Crippen LogP contribution in [0.1, 0.15) is 16.1 Å². The zero-order valence-electron chi connectivity index (χ0n) is 10.5. The molecule has 21 heavy (non-hydrogen) atoms. The number of nitrogens with zero attached hydrogens (tertiary/aromatic N) is 4. The van der Waals surface area contributed by atoms with E-state index in [1.54, 1.807) is 0 Å². The third-order valence-corrected chi connectivity index (χ3v) is 2.66. The summed E-state index contributed by atoms with van der Waals surface area (Å²) in [6.07, 6.45) is 2.27. The van der Waals surface area contributed by atoms with E-state index in [0.29, 0.717) is 5.69 Å². The number of nitrogens with one attached hydrogen (secondary N) is 1. The minimum absolute atomic E-state index is 0.00864. The molecule has 2 aromatic heterocycles. The van der Waals surface area contributed by atoms with E-state index in [1.807, 2.05) is 0 Å². The second-order valence-corrected chi connectivity index (χ2v) is 4.33. The summed E-state index contributed by atoms with van der Waals surface area (Å²) in [5.74, 6) is -2.37. The van der Waals surface area contributed by atoms with Crippen LogP contribution in [-0.4, -0.2) is 37.0 Å². The number of pyridine rings is 1. The molecule has 0 radical (unpaired) electrons. The van der Waals surface area contributed by atoms with E-state index < -0.39 is 17.7 Å². The number of amides is 1. The summed E-state index contributed by atoms with van der Waals surface area (Å²) in [6.45, 7) is -0.341. The molecule has 110 valence electrons. The quantitative estimate of drug-likeness (QED) is 0.777. The van der Waals surface area contributed by atoms with Crippen molar-refractivity contribution in [1.29, 1.82) is 0 Å². The Morgan fingerprint density at radius 3 is 2.95 bits per heavy atom. The first-order chi connectivity index (χ1) is 9.95. The molecule has 0 aliphatic rings. The maximum absolute atomic E-state index is 13.0. The molecule has 2 N–H and O–H groups in total. The fraction of sp³-hybridized carbons (Fsp3) is 0.182. The van der Waals surface area contributed by atoms with E-state index in [1.165, 1.54) is 6.20 Å². The Kier molecular flexibility index (Phi) is 4.43. The monoisotopic (exact) mass is 313 g/mol. The molecule has 10 heteroatoms. The van der Waals surface area contributed by atoms with Gasteiger partial charge in [0.25, 0.3) is 5.91 Å². The van der Waals surface area contributed by atoms with Crippen LogP contribution < -0.4 is 5.32 Å². The smallest absolute Gasteiger partial charge is 0.325 e. The van der Waals surface area contributed by atoms with Crippen molar-refractivity contribution < 1.29 is 19.1 Å². The van der Waals surface area contributed by atoms with E-state index in [9.17, 15) is 14.0 Å². The Bertz CT molecular complexity index is 690. The zero-order chi connectivity index (χ0) is 15.4. The number of halogens is 2. The fourth-order valence-corrected chi connectivity index (χ4v) is 1.67. The lowest BCUT2D eigenvalue weighted by Gasteiger charge is -2.04. The Hall–Kier alpha value is -2.55. The summed E-state index contributed by atoms with van der Waals surface area (Å²) in [4.78, 5) is 25.8. The normalized spacial score (nSPS) is 10.4. The van der Waals surface area contributed by atoms with Gasteiger partial charge in [-0.15, -0.1) is 5.10 Å². The standard InChI is InChI=1S/C11H9ClFN5O3/c12-10-8(1-6(13)2-14-10)11(21)15-3-7-4-18(17-16-7)5-9(19)20/h1-2,4H,3,5H2,(H,15,21)(H,19,20). The maximum Gasteiger partial charge on any atom is 0.325 e. The molecule has 0 aliphatic heterocycles. The second kappa shape index (κ2) is 6.27. The van der Waals surface area contributed by atoms with Gasteiger partial charge in [0.2, 0.25) is 0 Å². The van der Waals surface area contributed by atoms with Crippen LogP contribution in [0, 0.1) is 5.82 Å². The Morgan fingerprint density at radius 1 is 1.48 bits per heavy atom. The predicted octanol–water partition coefficient (Wildman–Crippen LogP) is 0.480. The number of rotatable bonds is 5. The molecule has 0 saturated heterocycles. The van der Waals surface area contributed by atoms with Crippen molar-refractivity contribution in [2.45, 2.75) is 13.1 Å². The summed E-state index contributed by atoms with van der Waals surface area (Å²) in [6, 6.07) is 0.964. The van der Waals surface area contributed by atoms with Gasteiger partial charge in [0.1, 0.15) is 23.2 Å². The Labute approximate surface area is 122 Å². The van der Waals surface area contributed by atoms with Gasteiger partial charge in [-0.2, -0.15) is 0 Å². The van der Waals surface area contributed by atoms with Crippen molar-refractivity contribution in [1.82, 2.24) is 25.3 Å². The number of carboxylic acid groups (broad SMARTS) is 1. The van der Waals surface area contributed by atoms with Gasteiger partial charge in [-0.1, -0.05) is 16.8 Å². The maximum atomic E-state index is 13.0. The highest BCUT2D eigenvalue weighted by Gasteiger charge is 2.13. The average Bonchev–Trinajstić information content (AvgIpc) is 2.85. The molecule has 1 amide bonds. The van der Waals surface area contributed by atoms with Crippen molar-refractivity contribution in [3.05, 3.63) is 40.7 Å². The first-order valence-corrected chi connectivity index (χ1v) is 6.03. The van der Waals surface area contributed by atoms with Gasteiger partial charge in [-0.25, -0.2) is 14.1 Å². The van der Waals surface area contributed by atoms with Gasteiger partial charge in [-0.05, 0) is 6.07 Å². The van der Waals surface area contributed by atoms with Crippen LogP contribution in [0.25, 0.3) is 0 Å². The minimum atomic E-state index is -1.06. The number of aliphatic carboxylic acids is 1. The zero-order valence-corrected chi connectivity index (χ0v) is 11.2. The van der Waals surface area contributed by atoms with Crippen LogP contribution in [0.4, 0.5) is 4.39 Å². The lowest BCUT2D eigenvalue weighted by molar-refractivity contribution is -0.137. The molecule has 0 fully saturated rings. The summed E-state index contributed by atoms with van der Waals surface area (Å²) in [5.41, 5.74) is 0.250. The van der Waals surface area contributed by atoms with Crippen molar-refractivity contribution in [2.24, 2.45) is 0 Å². The highest BCUT2D eigenvalue weighted by atomic mass is 35.5. The molecule has 0 aliphatic carbocycles. The lowest BCUT2D eigenvalue weighted by atomic mass is 10.2. The number of aromatic nitrogens is 4. The molecule has 2 heterocycles. The van der Waals surface area contributed by atoms with Crippen LogP contribution in [0.5, 0.6) is 0 Å². The van der Waals surface area contributed by atoms with Crippen molar-refractivity contribution >= 4 is 23.5 Å². The van der Waals surface area contributed by atoms with Gasteiger partial charge in [-0.3, -0.25) is 9.59 Å². The van der Waals surface area contributed by atoms with Gasteiger partial charge >= 0.3 is 5.97 Å². The third-order valence-electron chi connectivity index (χ3n) is 2.36. The third kappa shape index (κ3) is 3.96. The van der Waals surface area contributed by atoms with Gasteiger partial charge in [0.15, 0.2) is 0 Å². The highest BCUT2D eigenvalue weighted by molar-refractivity contribution is 6.32. The molecule has 0 atom stereocenters. The van der Waals surface area contributed by atoms with Crippen molar-refractivity contribution in [3.63, 3.8) is 0 Å². The van der Waals surface area contributed by atoms with E-state index in [-0.39, 0.29) is 23.8 Å². The first-order valence-electron chi connectivity index (χ1n) is 5.66. The van der Waals surface area contributed by atoms with Gasteiger partial charge < -0.3 is 10.4 Å². The van der Waals surface area contributed by atoms with E-state index in [2.05, 4.69) is 20.6 Å². The van der Waals surface area contributed by atoms with E-state index in [4.69, 9.17) is 16.7 Å². The van der Waals surface area contributed by atoms with Gasteiger partial charge in [0.05, 0.1) is 24.5 Å². The first kappa shape index (κ1) is 14.9. The topological polar surface area (TPSA) is 110 Å². The van der Waals surface area contributed by atoms with Crippen LogP contribution in [0.3, 0.4) is 0 Å². The second-order valence-electron chi connectivity index (χ2n) is 3.98. The lowest BCUT2D eigenvalue weighted by Crippen LogP contribution is -2.23. The molecular weight excluding hydrogens is 305 g/mol. The molecule has 8 nitrogen and oxygen atoms in total. The largest absolute Gasteiger partial charge is 0.480 e. The highest BCUT2D eigenvalue weighted by Crippen LogP contribution is 2.13. The van der Waals surface area contributed by atoms with Crippen molar-refractivity contribution in [3.8, 4) is 0 Å². The summed E-state index contributed by atoms with van der Waals surface area (Å²) in [5, 5.41) is 18.2. The summed E-state index contributed by atoms with van der Waals surface area (Å²) in [7, 11) is 0. The molecule has 0 saturated carbocycles. The Morgan fingerprint density at radius 2 is 2.24 bits per heavy atom. The molecule has 0 unspecified atom stereocenters. The molecule has 0 bridgehead atoms. The van der Waals surface area contributed by atoms with Crippen LogP contribution in [-0.2, 0) is 17.9 Å². The van der Waals surface area contributed by atoms with E-state index in [0.717, 1.165) is 16.9 Å². The van der Waals surface area contributed by atoms with Gasteiger partial charge in [0, 0.05) is 0 Å². The van der Waals surface area contributed by atoms with Crippen LogP contribution in [0.2, 0.25) is 5.15 Å². The molecule has 0 aromatic carbocycles. The van der Waals surface area contributed by atoms with Crippen LogP contribution in [0.15, 0.2) is 18.5 Å².